The van der Waals surface area contributed by atoms with E-state index in [1.807, 2.05) is 17.9 Å². The lowest BCUT2D eigenvalue weighted by molar-refractivity contribution is 0.207. The van der Waals surface area contributed by atoms with Crippen molar-refractivity contribution in [3.05, 3.63) is 18.0 Å². The van der Waals surface area contributed by atoms with Crippen molar-refractivity contribution in [3.63, 3.8) is 0 Å². The van der Waals surface area contributed by atoms with Gasteiger partial charge in [0.2, 0.25) is 0 Å². The second kappa shape index (κ2) is 5.60. The molecule has 0 spiro atoms. The molecule has 0 radical (unpaired) electrons. The molecule has 0 saturated carbocycles. The van der Waals surface area contributed by atoms with Gasteiger partial charge in [0.15, 0.2) is 0 Å². The molecule has 1 aliphatic heterocycles. The van der Waals surface area contributed by atoms with Gasteiger partial charge in [0.05, 0.1) is 11.2 Å². The average molecular weight is 252 g/mol. The molecule has 5 heteroatoms. The average Bonchev–Trinajstić information content (AvgIpc) is 2.73. The molecule has 2 N–H and O–H groups in total. The summed E-state index contributed by atoms with van der Waals surface area (Å²) in [6.45, 7) is 3.26. The Bertz CT molecular complexity index is 388. The van der Waals surface area contributed by atoms with Crippen molar-refractivity contribution >= 4 is 17.2 Å². The van der Waals surface area contributed by atoms with Crippen LogP contribution in [0, 0.1) is 5.92 Å². The van der Waals surface area contributed by atoms with Gasteiger partial charge in [0, 0.05) is 32.3 Å². The van der Waals surface area contributed by atoms with Gasteiger partial charge in [-0.05, 0) is 31.4 Å². The van der Waals surface area contributed by atoms with Gasteiger partial charge in [0.25, 0.3) is 0 Å². The van der Waals surface area contributed by atoms with E-state index in [0.29, 0.717) is 10.9 Å². The lowest BCUT2D eigenvalue weighted by atomic mass is 9.98. The monoisotopic (exact) mass is 252 g/mol. The molecule has 1 atom stereocenters. The van der Waals surface area contributed by atoms with Crippen molar-refractivity contribution in [2.75, 3.05) is 19.6 Å². The Morgan fingerprint density at radius 1 is 1.65 bits per heavy atom. The quantitative estimate of drug-likeness (QED) is 0.811. The summed E-state index contributed by atoms with van der Waals surface area (Å²) in [6, 6.07) is 0. The number of aromatic nitrogens is 2. The lowest BCUT2D eigenvalue weighted by Gasteiger charge is -2.31. The van der Waals surface area contributed by atoms with Gasteiger partial charge in [-0.2, -0.15) is 5.10 Å². The van der Waals surface area contributed by atoms with Gasteiger partial charge in [-0.25, -0.2) is 0 Å². The highest BCUT2D eigenvalue weighted by Gasteiger charge is 2.21. The highest BCUT2D eigenvalue weighted by atomic mass is 32.1. The minimum absolute atomic E-state index is 0.410. The molecule has 94 valence electrons. The largest absolute Gasteiger partial charge is 0.393 e. The van der Waals surface area contributed by atoms with Crippen LogP contribution in [-0.2, 0) is 13.5 Å². The summed E-state index contributed by atoms with van der Waals surface area (Å²) in [5, 5.41) is 4.18. The van der Waals surface area contributed by atoms with Crippen molar-refractivity contribution in [2.24, 2.45) is 18.7 Å². The molecule has 17 heavy (non-hydrogen) atoms. The molecule has 1 saturated heterocycles. The maximum absolute atomic E-state index is 5.73. The van der Waals surface area contributed by atoms with Gasteiger partial charge in [0.1, 0.15) is 0 Å². The van der Waals surface area contributed by atoms with Crippen molar-refractivity contribution in [1.82, 2.24) is 14.7 Å². The number of aryl methyl sites for hydroxylation is 1. The Balaban J connectivity index is 1.81. The first-order chi connectivity index (χ1) is 8.15. The van der Waals surface area contributed by atoms with E-state index < -0.39 is 0 Å². The van der Waals surface area contributed by atoms with Crippen LogP contribution in [-0.4, -0.2) is 39.3 Å². The highest BCUT2D eigenvalue weighted by molar-refractivity contribution is 7.80. The maximum Gasteiger partial charge on any atom is 0.0771 e. The number of likely N-dealkylation sites (tertiary alicyclic amines) is 1. The number of rotatable bonds is 4. The molecule has 0 amide bonds. The van der Waals surface area contributed by atoms with Crippen molar-refractivity contribution in [3.8, 4) is 0 Å². The van der Waals surface area contributed by atoms with Gasteiger partial charge in [-0.1, -0.05) is 12.2 Å². The summed E-state index contributed by atoms with van der Waals surface area (Å²) in [4.78, 5) is 3.14. The summed E-state index contributed by atoms with van der Waals surface area (Å²) >= 11 is 5.09. The Hall–Kier alpha value is -0.940. The predicted octanol–water partition coefficient (Wildman–Crippen LogP) is 0.961. The number of nitrogens with two attached hydrogens (primary N) is 1. The molecular weight excluding hydrogens is 232 g/mol. The van der Waals surface area contributed by atoms with E-state index in [2.05, 4.69) is 16.2 Å². The molecule has 1 fully saturated rings. The minimum Gasteiger partial charge on any atom is -0.393 e. The van der Waals surface area contributed by atoms with Crippen LogP contribution in [0.15, 0.2) is 12.4 Å². The van der Waals surface area contributed by atoms with Crippen LogP contribution in [0.2, 0.25) is 0 Å². The third kappa shape index (κ3) is 3.51. The number of piperidine rings is 1. The summed E-state index contributed by atoms with van der Waals surface area (Å²) < 4.78 is 1.85. The molecular formula is C12H20N4S. The molecule has 1 unspecified atom stereocenters. The van der Waals surface area contributed by atoms with Crippen LogP contribution >= 0.6 is 12.2 Å². The molecule has 2 rings (SSSR count). The van der Waals surface area contributed by atoms with Crippen LogP contribution in [0.3, 0.4) is 0 Å². The first kappa shape index (κ1) is 12.5. The van der Waals surface area contributed by atoms with Crippen LogP contribution < -0.4 is 5.73 Å². The van der Waals surface area contributed by atoms with Crippen molar-refractivity contribution in [1.29, 1.82) is 0 Å². The van der Waals surface area contributed by atoms with Crippen molar-refractivity contribution < 1.29 is 0 Å². The Morgan fingerprint density at radius 2 is 2.47 bits per heavy atom. The van der Waals surface area contributed by atoms with Gasteiger partial charge in [-0.15, -0.1) is 0 Å². The van der Waals surface area contributed by atoms with Crippen molar-refractivity contribution in [2.45, 2.75) is 19.3 Å². The summed E-state index contributed by atoms with van der Waals surface area (Å²) in [6.07, 6.45) is 7.43. The van der Waals surface area contributed by atoms with Gasteiger partial charge < -0.3 is 10.6 Å². The molecule has 1 aromatic rings. The maximum atomic E-state index is 5.73. The summed E-state index contributed by atoms with van der Waals surface area (Å²) in [7, 11) is 1.95. The zero-order valence-electron chi connectivity index (χ0n) is 10.3. The molecule has 1 aromatic heterocycles. The molecule has 0 bridgehead atoms. The SMILES string of the molecule is Cn1cc(CCN2CCCC(C(N)=S)C2)cn1. The van der Waals surface area contributed by atoms with Crippen LogP contribution in [0.25, 0.3) is 0 Å². The zero-order chi connectivity index (χ0) is 12.3. The highest BCUT2D eigenvalue weighted by Crippen LogP contribution is 2.17. The number of nitrogens with zero attached hydrogens (tertiary/aromatic N) is 3. The molecule has 4 nitrogen and oxygen atoms in total. The molecule has 0 aromatic carbocycles. The first-order valence-electron chi connectivity index (χ1n) is 6.14. The van der Waals surface area contributed by atoms with E-state index in [1.165, 1.54) is 18.5 Å². The van der Waals surface area contributed by atoms with E-state index >= 15 is 0 Å². The molecule has 2 heterocycles. The lowest BCUT2D eigenvalue weighted by Crippen LogP contribution is -2.41. The molecule has 0 aliphatic carbocycles. The number of hydrogen-bond donors (Lipinski definition) is 1. The summed E-state index contributed by atoms with van der Waals surface area (Å²) in [5.41, 5.74) is 7.03. The zero-order valence-corrected chi connectivity index (χ0v) is 11.1. The third-order valence-electron chi connectivity index (χ3n) is 3.38. The van der Waals surface area contributed by atoms with Crippen LogP contribution in [0.5, 0.6) is 0 Å². The second-order valence-electron chi connectivity index (χ2n) is 4.81. The third-order valence-corrected chi connectivity index (χ3v) is 3.72. The van der Waals surface area contributed by atoms with E-state index in [-0.39, 0.29) is 0 Å². The molecule has 1 aliphatic rings. The van der Waals surface area contributed by atoms with Crippen LogP contribution in [0.1, 0.15) is 18.4 Å². The normalized spacial score (nSPS) is 21.6. The summed E-state index contributed by atoms with van der Waals surface area (Å²) in [5.74, 6) is 0.410. The smallest absolute Gasteiger partial charge is 0.0771 e. The Labute approximate surface area is 108 Å². The Kier molecular flexibility index (Phi) is 4.12. The van der Waals surface area contributed by atoms with Gasteiger partial charge in [-0.3, -0.25) is 4.68 Å². The predicted molar refractivity (Wildman–Crippen MR) is 72.9 cm³/mol. The minimum atomic E-state index is 0.410. The topological polar surface area (TPSA) is 47.1 Å². The fourth-order valence-electron chi connectivity index (χ4n) is 2.38. The second-order valence-corrected chi connectivity index (χ2v) is 5.29. The fraction of sp³-hybridized carbons (Fsp3) is 0.667. The van der Waals surface area contributed by atoms with Crippen LogP contribution in [0.4, 0.5) is 0 Å². The van der Waals surface area contributed by atoms with Gasteiger partial charge >= 0.3 is 0 Å². The van der Waals surface area contributed by atoms with E-state index in [0.717, 1.165) is 25.9 Å². The number of hydrogen-bond acceptors (Lipinski definition) is 3. The standard InChI is InChI=1S/C12H20N4S/c1-15-8-10(7-14-15)4-6-16-5-2-3-11(9-16)12(13)17/h7-8,11H,2-6,9H2,1H3,(H2,13,17). The van der Waals surface area contributed by atoms with E-state index in [4.69, 9.17) is 18.0 Å². The fourth-order valence-corrected chi connectivity index (χ4v) is 2.57. The first-order valence-corrected chi connectivity index (χ1v) is 6.55. The number of thiocarbonyl (C=S) groups is 1. The van der Waals surface area contributed by atoms with E-state index in [9.17, 15) is 0 Å². The van der Waals surface area contributed by atoms with E-state index in [1.54, 1.807) is 0 Å². The Morgan fingerprint density at radius 3 is 3.12 bits per heavy atom.